The van der Waals surface area contributed by atoms with Crippen LogP contribution in [0.2, 0.25) is 0 Å². The van der Waals surface area contributed by atoms with Crippen molar-refractivity contribution < 1.29 is 14.0 Å². The van der Waals surface area contributed by atoms with E-state index in [9.17, 15) is 0 Å². The molecule has 0 aromatic carbocycles. The molecule has 0 bridgehead atoms. The Morgan fingerprint density at radius 1 is 1.47 bits per heavy atom. The smallest absolute Gasteiger partial charge is 0.171 e. The van der Waals surface area contributed by atoms with Crippen molar-refractivity contribution in [1.82, 2.24) is 10.5 Å². The summed E-state index contributed by atoms with van der Waals surface area (Å²) in [6, 6.07) is 1.99. The summed E-state index contributed by atoms with van der Waals surface area (Å²) >= 11 is 0. The van der Waals surface area contributed by atoms with E-state index in [4.69, 9.17) is 14.0 Å². The summed E-state index contributed by atoms with van der Waals surface area (Å²) in [5.41, 5.74) is 0.880. The lowest BCUT2D eigenvalue weighted by Crippen LogP contribution is -2.39. The highest BCUT2D eigenvalue weighted by Crippen LogP contribution is 2.03. The van der Waals surface area contributed by atoms with Crippen LogP contribution in [-0.4, -0.2) is 31.7 Å². The van der Waals surface area contributed by atoms with Gasteiger partial charge in [-0.25, -0.2) is 0 Å². The normalized spacial score (nSPS) is 13.4. The Hall–Kier alpha value is -0.910. The minimum absolute atomic E-state index is 0.0945. The second-order valence-corrected chi connectivity index (χ2v) is 3.44. The molecule has 1 heterocycles. The van der Waals surface area contributed by atoms with Crippen LogP contribution in [0.15, 0.2) is 10.6 Å². The molecule has 0 aliphatic heterocycles. The van der Waals surface area contributed by atoms with Gasteiger partial charge in [-0.05, 0) is 13.8 Å². The lowest BCUT2D eigenvalue weighted by molar-refractivity contribution is -0.119. The van der Waals surface area contributed by atoms with E-state index >= 15 is 0 Å². The molecule has 0 saturated heterocycles. The fraction of sp³-hybridized carbons (Fsp3) is 0.700. The van der Waals surface area contributed by atoms with Crippen molar-refractivity contribution >= 4 is 0 Å². The van der Waals surface area contributed by atoms with Crippen LogP contribution in [0.5, 0.6) is 0 Å². The number of nitrogens with zero attached hydrogens (tertiary/aromatic N) is 1. The second kappa shape index (κ2) is 5.85. The highest BCUT2D eigenvalue weighted by molar-refractivity contribution is 5.03. The van der Waals surface area contributed by atoms with Gasteiger partial charge in [0, 0.05) is 26.8 Å². The van der Waals surface area contributed by atoms with Crippen LogP contribution in [0, 0.1) is 6.92 Å². The predicted octanol–water partition coefficient (Wildman–Crippen LogP) is 1.08. The maximum atomic E-state index is 5.13. The molecule has 5 heteroatoms. The van der Waals surface area contributed by atoms with E-state index in [0.29, 0.717) is 6.54 Å². The zero-order chi connectivity index (χ0) is 11.3. The standard InChI is InChI=1S/C10H18N2O3/c1-7-5-9(12-15-7)6-11-8(2)10(13-3)14-4/h5,8,10-11H,6H2,1-4H3. The van der Waals surface area contributed by atoms with E-state index in [1.807, 2.05) is 19.9 Å². The van der Waals surface area contributed by atoms with Crippen LogP contribution in [-0.2, 0) is 16.0 Å². The molecule has 1 atom stereocenters. The van der Waals surface area contributed by atoms with E-state index in [1.165, 1.54) is 0 Å². The summed E-state index contributed by atoms with van der Waals surface area (Å²) in [5, 5.41) is 7.12. The lowest BCUT2D eigenvalue weighted by atomic mass is 10.3. The van der Waals surface area contributed by atoms with Gasteiger partial charge in [0.15, 0.2) is 6.29 Å². The molecule has 0 saturated carbocycles. The van der Waals surface area contributed by atoms with Crippen LogP contribution in [0.1, 0.15) is 18.4 Å². The van der Waals surface area contributed by atoms with Crippen molar-refractivity contribution in [1.29, 1.82) is 0 Å². The van der Waals surface area contributed by atoms with Crippen molar-refractivity contribution in [2.24, 2.45) is 0 Å². The van der Waals surface area contributed by atoms with Crippen molar-refractivity contribution in [3.05, 3.63) is 17.5 Å². The molecule has 1 aromatic heterocycles. The van der Waals surface area contributed by atoms with Crippen LogP contribution < -0.4 is 5.32 Å². The monoisotopic (exact) mass is 214 g/mol. The first-order valence-corrected chi connectivity index (χ1v) is 4.88. The van der Waals surface area contributed by atoms with Crippen molar-refractivity contribution in [2.75, 3.05) is 14.2 Å². The molecule has 0 radical (unpaired) electrons. The number of aryl methyl sites for hydroxylation is 1. The van der Waals surface area contributed by atoms with Crippen molar-refractivity contribution in [3.8, 4) is 0 Å². The Labute approximate surface area is 89.7 Å². The molecule has 1 rings (SSSR count). The summed E-state index contributed by atoms with van der Waals surface area (Å²) in [6.07, 6.45) is -0.252. The first-order chi connectivity index (χ1) is 7.17. The van der Waals surface area contributed by atoms with E-state index in [0.717, 1.165) is 11.5 Å². The van der Waals surface area contributed by atoms with Crippen molar-refractivity contribution in [3.63, 3.8) is 0 Å². The molecule has 0 spiro atoms. The minimum atomic E-state index is -0.252. The molecule has 5 nitrogen and oxygen atoms in total. The Kier molecular flexibility index (Phi) is 4.74. The Morgan fingerprint density at radius 3 is 2.60 bits per heavy atom. The summed E-state index contributed by atoms with van der Waals surface area (Å²) in [7, 11) is 3.24. The number of methoxy groups -OCH3 is 2. The molecule has 1 N–H and O–H groups in total. The van der Waals surface area contributed by atoms with Gasteiger partial charge in [0.25, 0.3) is 0 Å². The summed E-state index contributed by atoms with van der Waals surface area (Å²) in [4.78, 5) is 0. The molecule has 0 fully saturated rings. The summed E-state index contributed by atoms with van der Waals surface area (Å²) in [5.74, 6) is 0.814. The Bertz CT molecular complexity index is 284. The number of hydrogen-bond acceptors (Lipinski definition) is 5. The van der Waals surface area contributed by atoms with Gasteiger partial charge in [-0.3, -0.25) is 0 Å². The van der Waals surface area contributed by atoms with E-state index in [1.54, 1.807) is 14.2 Å². The summed E-state index contributed by atoms with van der Waals surface area (Å²) in [6.45, 7) is 4.50. The van der Waals surface area contributed by atoms with E-state index < -0.39 is 0 Å². The minimum Gasteiger partial charge on any atom is -0.361 e. The van der Waals surface area contributed by atoms with Gasteiger partial charge in [0.1, 0.15) is 5.76 Å². The molecule has 15 heavy (non-hydrogen) atoms. The van der Waals surface area contributed by atoms with E-state index in [2.05, 4.69) is 10.5 Å². The first kappa shape index (κ1) is 12.2. The molecule has 0 aliphatic carbocycles. The quantitative estimate of drug-likeness (QED) is 0.718. The lowest BCUT2D eigenvalue weighted by Gasteiger charge is -2.21. The number of ether oxygens (including phenoxy) is 2. The Balaban J connectivity index is 2.36. The summed E-state index contributed by atoms with van der Waals surface area (Å²) < 4.78 is 15.2. The van der Waals surface area contributed by atoms with Gasteiger partial charge < -0.3 is 19.3 Å². The maximum absolute atomic E-state index is 5.13. The van der Waals surface area contributed by atoms with Crippen molar-refractivity contribution in [2.45, 2.75) is 32.7 Å². The fourth-order valence-corrected chi connectivity index (χ4v) is 1.37. The number of aromatic nitrogens is 1. The molecular weight excluding hydrogens is 196 g/mol. The third-order valence-corrected chi connectivity index (χ3v) is 2.15. The predicted molar refractivity (Wildman–Crippen MR) is 55.3 cm³/mol. The largest absolute Gasteiger partial charge is 0.361 e. The van der Waals surface area contributed by atoms with Gasteiger partial charge in [0.2, 0.25) is 0 Å². The van der Waals surface area contributed by atoms with Crippen LogP contribution in [0.3, 0.4) is 0 Å². The molecule has 0 amide bonds. The van der Waals surface area contributed by atoms with Gasteiger partial charge in [-0.1, -0.05) is 5.16 Å². The molecule has 0 aliphatic rings. The Morgan fingerprint density at radius 2 is 2.13 bits per heavy atom. The van der Waals surface area contributed by atoms with Crippen LogP contribution >= 0.6 is 0 Å². The van der Waals surface area contributed by atoms with Crippen LogP contribution in [0.4, 0.5) is 0 Å². The van der Waals surface area contributed by atoms with Crippen LogP contribution in [0.25, 0.3) is 0 Å². The third-order valence-electron chi connectivity index (χ3n) is 2.15. The van der Waals surface area contributed by atoms with Gasteiger partial charge in [-0.15, -0.1) is 0 Å². The van der Waals surface area contributed by atoms with Gasteiger partial charge >= 0.3 is 0 Å². The zero-order valence-corrected chi connectivity index (χ0v) is 9.61. The first-order valence-electron chi connectivity index (χ1n) is 4.88. The number of hydrogen-bond donors (Lipinski definition) is 1. The molecule has 1 unspecified atom stereocenters. The second-order valence-electron chi connectivity index (χ2n) is 3.44. The third kappa shape index (κ3) is 3.62. The average Bonchev–Trinajstić information content (AvgIpc) is 2.63. The maximum Gasteiger partial charge on any atom is 0.171 e. The van der Waals surface area contributed by atoms with Gasteiger partial charge in [0.05, 0.1) is 11.7 Å². The van der Waals surface area contributed by atoms with Gasteiger partial charge in [-0.2, -0.15) is 0 Å². The number of nitrogens with one attached hydrogen (secondary N) is 1. The highest BCUT2D eigenvalue weighted by Gasteiger charge is 2.15. The zero-order valence-electron chi connectivity index (χ0n) is 9.61. The topological polar surface area (TPSA) is 56.5 Å². The SMILES string of the molecule is COC(OC)C(C)NCc1cc(C)on1. The molecule has 1 aromatic rings. The molecule has 86 valence electrons. The highest BCUT2D eigenvalue weighted by atomic mass is 16.7. The van der Waals surface area contributed by atoms with E-state index in [-0.39, 0.29) is 12.3 Å². The average molecular weight is 214 g/mol. The fourth-order valence-electron chi connectivity index (χ4n) is 1.37. The molecular formula is C10H18N2O3. The number of rotatable bonds is 6.